The van der Waals surface area contributed by atoms with Gasteiger partial charge in [0.25, 0.3) is 0 Å². The molecule has 0 saturated carbocycles. The van der Waals surface area contributed by atoms with Crippen LogP contribution in [0.5, 0.6) is 5.75 Å². The summed E-state index contributed by atoms with van der Waals surface area (Å²) in [6.07, 6.45) is 1.08. The van der Waals surface area contributed by atoms with E-state index in [1.54, 1.807) is 6.26 Å². The third-order valence-corrected chi connectivity index (χ3v) is 3.27. The van der Waals surface area contributed by atoms with Gasteiger partial charge in [0.05, 0.1) is 12.3 Å². The molecule has 0 aliphatic rings. The molecule has 0 amide bonds. The van der Waals surface area contributed by atoms with Crippen LogP contribution in [0.4, 0.5) is 0 Å². The maximum absolute atomic E-state index is 9.98. The minimum Gasteiger partial charge on any atom is -0.491 e. The molecule has 0 bridgehead atoms. The number of ether oxygens (including phenoxy) is 1. The molecule has 1 aromatic heterocycles. The highest BCUT2D eigenvalue weighted by Gasteiger charge is 2.11. The number of rotatable bonds is 7. The van der Waals surface area contributed by atoms with E-state index in [0.29, 0.717) is 6.54 Å². The van der Waals surface area contributed by atoms with Crippen LogP contribution < -0.4 is 10.1 Å². The molecule has 0 aliphatic carbocycles. The summed E-state index contributed by atoms with van der Waals surface area (Å²) in [5, 5.41) is 13.2. The van der Waals surface area contributed by atoms with Crippen LogP contribution in [0.1, 0.15) is 29.9 Å². The number of benzene rings is 1. The van der Waals surface area contributed by atoms with Gasteiger partial charge in [-0.2, -0.15) is 0 Å². The maximum atomic E-state index is 9.98. The Kier molecular flexibility index (Phi) is 5.42. The number of aliphatic hydroxyl groups excluding tert-OH is 1. The number of hydrogen-bond acceptors (Lipinski definition) is 4. The average molecular weight is 289 g/mol. The van der Waals surface area contributed by atoms with Gasteiger partial charge < -0.3 is 19.6 Å². The largest absolute Gasteiger partial charge is 0.491 e. The molecule has 0 spiro atoms. The van der Waals surface area contributed by atoms with Crippen LogP contribution in [0.3, 0.4) is 0 Å². The van der Waals surface area contributed by atoms with Gasteiger partial charge >= 0.3 is 0 Å². The normalized spacial score (nSPS) is 13.9. The summed E-state index contributed by atoms with van der Waals surface area (Å²) in [5.41, 5.74) is 2.31. The van der Waals surface area contributed by atoms with E-state index in [1.165, 1.54) is 0 Å². The van der Waals surface area contributed by atoms with E-state index in [2.05, 4.69) is 11.4 Å². The number of hydrogen-bond donors (Lipinski definition) is 2. The van der Waals surface area contributed by atoms with Crippen molar-refractivity contribution in [3.05, 3.63) is 53.5 Å². The monoisotopic (exact) mass is 289 g/mol. The van der Waals surface area contributed by atoms with Crippen LogP contribution in [-0.2, 0) is 0 Å². The number of furan rings is 1. The third kappa shape index (κ3) is 4.92. The molecule has 0 radical (unpaired) electrons. The first kappa shape index (κ1) is 15.6. The van der Waals surface area contributed by atoms with Crippen molar-refractivity contribution in [3.8, 4) is 5.75 Å². The third-order valence-electron chi connectivity index (χ3n) is 3.27. The number of aliphatic hydroxyl groups is 1. The highest BCUT2D eigenvalue weighted by atomic mass is 16.5. The molecular formula is C17H23NO3. The predicted octanol–water partition coefficient (Wildman–Crippen LogP) is 2.99. The molecule has 0 fully saturated rings. The molecule has 4 nitrogen and oxygen atoms in total. The maximum Gasteiger partial charge on any atom is 0.120 e. The Morgan fingerprint density at radius 2 is 1.95 bits per heavy atom. The minimum atomic E-state index is -0.566. The van der Waals surface area contributed by atoms with Gasteiger partial charge in [-0.05, 0) is 56.2 Å². The number of aryl methyl sites for hydroxylation is 2. The zero-order valence-corrected chi connectivity index (χ0v) is 12.8. The Morgan fingerprint density at radius 3 is 2.57 bits per heavy atom. The van der Waals surface area contributed by atoms with Gasteiger partial charge in [-0.25, -0.2) is 0 Å². The standard InChI is InChI=1S/C17H23NO3/c1-12-7-13(2)9-16(8-12)21-11-15(19)10-18-14(3)17-5-4-6-20-17/h4-9,14-15,18-19H,10-11H2,1-3H3. The van der Waals surface area contributed by atoms with Crippen LogP contribution in [0.25, 0.3) is 0 Å². The second-order valence-corrected chi connectivity index (χ2v) is 5.43. The van der Waals surface area contributed by atoms with Gasteiger partial charge in [-0.15, -0.1) is 0 Å². The molecule has 2 atom stereocenters. The summed E-state index contributed by atoms with van der Waals surface area (Å²) in [4.78, 5) is 0. The molecule has 2 N–H and O–H groups in total. The van der Waals surface area contributed by atoms with Gasteiger partial charge in [0.1, 0.15) is 24.2 Å². The van der Waals surface area contributed by atoms with Gasteiger partial charge in [-0.3, -0.25) is 0 Å². The first-order valence-corrected chi connectivity index (χ1v) is 7.20. The molecule has 21 heavy (non-hydrogen) atoms. The lowest BCUT2D eigenvalue weighted by Crippen LogP contribution is -2.32. The lowest BCUT2D eigenvalue weighted by molar-refractivity contribution is 0.103. The van der Waals surface area contributed by atoms with E-state index in [1.807, 2.05) is 45.0 Å². The second kappa shape index (κ2) is 7.29. The topological polar surface area (TPSA) is 54.6 Å². The average Bonchev–Trinajstić information content (AvgIpc) is 2.95. The summed E-state index contributed by atoms with van der Waals surface area (Å²) in [7, 11) is 0. The second-order valence-electron chi connectivity index (χ2n) is 5.43. The van der Waals surface area contributed by atoms with Crippen LogP contribution in [0.2, 0.25) is 0 Å². The van der Waals surface area contributed by atoms with Crippen molar-refractivity contribution in [3.63, 3.8) is 0 Å². The molecule has 0 aliphatic heterocycles. The summed E-state index contributed by atoms with van der Waals surface area (Å²) in [6.45, 7) is 6.77. The number of nitrogens with one attached hydrogen (secondary N) is 1. The van der Waals surface area contributed by atoms with Crippen molar-refractivity contribution in [2.45, 2.75) is 32.9 Å². The van der Waals surface area contributed by atoms with Gasteiger partial charge in [0, 0.05) is 6.54 Å². The Balaban J connectivity index is 1.75. The summed E-state index contributed by atoms with van der Waals surface area (Å²) in [5.74, 6) is 1.66. The predicted molar refractivity (Wildman–Crippen MR) is 82.5 cm³/mol. The van der Waals surface area contributed by atoms with Crippen molar-refractivity contribution in [2.24, 2.45) is 0 Å². The summed E-state index contributed by atoms with van der Waals surface area (Å²) >= 11 is 0. The summed E-state index contributed by atoms with van der Waals surface area (Å²) < 4.78 is 10.9. The van der Waals surface area contributed by atoms with E-state index in [-0.39, 0.29) is 12.6 Å². The quantitative estimate of drug-likeness (QED) is 0.823. The molecule has 114 valence electrons. The van der Waals surface area contributed by atoms with Crippen molar-refractivity contribution < 1.29 is 14.3 Å². The van der Waals surface area contributed by atoms with E-state index < -0.39 is 6.10 Å². The van der Waals surface area contributed by atoms with Gasteiger partial charge in [0.2, 0.25) is 0 Å². The first-order chi connectivity index (χ1) is 10.0. The Labute approximate surface area is 125 Å². The molecular weight excluding hydrogens is 266 g/mol. The highest BCUT2D eigenvalue weighted by molar-refractivity contribution is 5.32. The van der Waals surface area contributed by atoms with E-state index in [0.717, 1.165) is 22.6 Å². The molecule has 2 unspecified atom stereocenters. The van der Waals surface area contributed by atoms with Crippen molar-refractivity contribution in [1.29, 1.82) is 0 Å². The lowest BCUT2D eigenvalue weighted by Gasteiger charge is -2.16. The van der Waals surface area contributed by atoms with Crippen molar-refractivity contribution in [2.75, 3.05) is 13.2 Å². The summed E-state index contributed by atoms with van der Waals surface area (Å²) in [6, 6.07) is 9.87. The van der Waals surface area contributed by atoms with Crippen molar-refractivity contribution in [1.82, 2.24) is 5.32 Å². The lowest BCUT2D eigenvalue weighted by atomic mass is 10.1. The SMILES string of the molecule is Cc1cc(C)cc(OCC(O)CNC(C)c2ccco2)c1. The Morgan fingerprint density at radius 1 is 1.24 bits per heavy atom. The van der Waals surface area contributed by atoms with Crippen LogP contribution in [0, 0.1) is 13.8 Å². The van der Waals surface area contributed by atoms with E-state index in [9.17, 15) is 5.11 Å². The van der Waals surface area contributed by atoms with Crippen molar-refractivity contribution >= 4 is 0 Å². The molecule has 0 saturated heterocycles. The fourth-order valence-electron chi connectivity index (χ4n) is 2.22. The van der Waals surface area contributed by atoms with Crippen LogP contribution in [-0.4, -0.2) is 24.4 Å². The fraction of sp³-hybridized carbons (Fsp3) is 0.412. The van der Waals surface area contributed by atoms with Gasteiger partial charge in [-0.1, -0.05) is 6.07 Å². The smallest absolute Gasteiger partial charge is 0.120 e. The molecule has 1 heterocycles. The van der Waals surface area contributed by atoms with Crippen LogP contribution in [0.15, 0.2) is 41.0 Å². The Bertz CT molecular complexity index is 531. The fourth-order valence-corrected chi connectivity index (χ4v) is 2.22. The molecule has 2 aromatic rings. The first-order valence-electron chi connectivity index (χ1n) is 7.20. The highest BCUT2D eigenvalue weighted by Crippen LogP contribution is 2.16. The zero-order valence-electron chi connectivity index (χ0n) is 12.8. The Hall–Kier alpha value is -1.78. The van der Waals surface area contributed by atoms with Crippen LogP contribution >= 0.6 is 0 Å². The van der Waals surface area contributed by atoms with E-state index >= 15 is 0 Å². The molecule has 1 aromatic carbocycles. The molecule has 2 rings (SSSR count). The minimum absolute atomic E-state index is 0.0656. The zero-order chi connectivity index (χ0) is 15.2. The molecule has 4 heteroatoms. The van der Waals surface area contributed by atoms with E-state index in [4.69, 9.17) is 9.15 Å². The van der Waals surface area contributed by atoms with Gasteiger partial charge in [0.15, 0.2) is 0 Å².